The highest BCUT2D eigenvalue weighted by atomic mass is 35.5. The van der Waals surface area contributed by atoms with Gasteiger partial charge in [0, 0.05) is 31.3 Å². The van der Waals surface area contributed by atoms with Crippen LogP contribution in [0.4, 0.5) is 0 Å². The molecule has 9 heteroatoms. The summed E-state index contributed by atoms with van der Waals surface area (Å²) in [6, 6.07) is 6.49. The van der Waals surface area contributed by atoms with Crippen LogP contribution < -0.4 is 5.32 Å². The van der Waals surface area contributed by atoms with E-state index in [-0.39, 0.29) is 31.2 Å². The fourth-order valence-corrected chi connectivity index (χ4v) is 4.62. The Morgan fingerprint density at radius 2 is 2.08 bits per heavy atom. The van der Waals surface area contributed by atoms with Crippen LogP contribution in [0.15, 0.2) is 24.3 Å². The number of amides is 2. The molecule has 0 aliphatic carbocycles. The molecule has 2 amide bonds. The molecule has 1 aliphatic heterocycles. The van der Waals surface area contributed by atoms with Crippen LogP contribution in [0, 0.1) is 0 Å². The summed E-state index contributed by atoms with van der Waals surface area (Å²) in [7, 11) is -1.69. The van der Waals surface area contributed by atoms with Crippen LogP contribution in [-0.2, 0) is 30.7 Å². The maximum atomic E-state index is 12.5. The summed E-state index contributed by atoms with van der Waals surface area (Å²) in [5, 5.41) is 3.03. The van der Waals surface area contributed by atoms with Gasteiger partial charge in [0.2, 0.25) is 0 Å². The van der Waals surface area contributed by atoms with Gasteiger partial charge in [0.1, 0.15) is 0 Å². The van der Waals surface area contributed by atoms with Crippen LogP contribution in [-0.4, -0.2) is 62.9 Å². The summed E-state index contributed by atoms with van der Waals surface area (Å²) < 4.78 is 28.3. The normalized spacial score (nSPS) is 18.7. The number of benzene rings is 1. The second-order valence-corrected chi connectivity index (χ2v) is 8.46. The van der Waals surface area contributed by atoms with Gasteiger partial charge in [-0.05, 0) is 18.1 Å². The summed E-state index contributed by atoms with van der Waals surface area (Å²) in [5.41, 5.74) is 0.692. The SMILES string of the molecule is COCCN(C(=O)C(=O)NCc1ccccc1Cl)C1CCS(=O)(=O)C1. The van der Waals surface area contributed by atoms with E-state index in [1.165, 1.54) is 12.0 Å². The molecule has 1 heterocycles. The Labute approximate surface area is 152 Å². The molecule has 25 heavy (non-hydrogen) atoms. The largest absolute Gasteiger partial charge is 0.383 e. The fraction of sp³-hybridized carbons (Fsp3) is 0.500. The van der Waals surface area contributed by atoms with E-state index < -0.39 is 27.7 Å². The van der Waals surface area contributed by atoms with Crippen LogP contribution in [0.5, 0.6) is 0 Å². The predicted octanol–water partition coefficient (Wildman–Crippen LogP) is 0.618. The van der Waals surface area contributed by atoms with Crippen molar-refractivity contribution in [1.29, 1.82) is 0 Å². The molecule has 2 rings (SSSR count). The van der Waals surface area contributed by atoms with Crippen molar-refractivity contribution in [3.63, 3.8) is 0 Å². The van der Waals surface area contributed by atoms with Crippen molar-refractivity contribution in [1.82, 2.24) is 10.2 Å². The second kappa shape index (κ2) is 8.64. The van der Waals surface area contributed by atoms with Crippen LogP contribution in [0.2, 0.25) is 5.02 Å². The number of carbonyl (C=O) groups is 2. The van der Waals surface area contributed by atoms with Crippen molar-refractivity contribution in [2.75, 3.05) is 31.8 Å². The molecule has 0 spiro atoms. The highest BCUT2D eigenvalue weighted by Gasteiger charge is 2.36. The minimum atomic E-state index is -3.17. The summed E-state index contributed by atoms with van der Waals surface area (Å²) in [4.78, 5) is 26.0. The van der Waals surface area contributed by atoms with E-state index in [1.807, 2.05) is 0 Å². The molecule has 0 radical (unpaired) electrons. The van der Waals surface area contributed by atoms with Gasteiger partial charge in [-0.25, -0.2) is 8.42 Å². The Hall–Kier alpha value is -1.64. The molecule has 1 unspecified atom stereocenters. The Kier molecular flexibility index (Phi) is 6.80. The van der Waals surface area contributed by atoms with Crippen molar-refractivity contribution in [3.8, 4) is 0 Å². The average molecular weight is 389 g/mol. The van der Waals surface area contributed by atoms with E-state index in [1.54, 1.807) is 24.3 Å². The van der Waals surface area contributed by atoms with Crippen LogP contribution in [0.25, 0.3) is 0 Å². The predicted molar refractivity (Wildman–Crippen MR) is 93.9 cm³/mol. The molecule has 1 aliphatic rings. The summed E-state index contributed by atoms with van der Waals surface area (Å²) in [6.45, 7) is 0.500. The first-order chi connectivity index (χ1) is 11.8. The molecule has 7 nitrogen and oxygen atoms in total. The maximum absolute atomic E-state index is 12.5. The molecule has 1 aromatic rings. The molecule has 0 bridgehead atoms. The third-order valence-corrected chi connectivity index (χ3v) is 6.16. The quantitative estimate of drug-likeness (QED) is 0.721. The van der Waals surface area contributed by atoms with Gasteiger partial charge in [-0.15, -0.1) is 0 Å². The zero-order chi connectivity index (χ0) is 18.4. The number of hydrogen-bond donors (Lipinski definition) is 1. The zero-order valence-electron chi connectivity index (χ0n) is 13.9. The lowest BCUT2D eigenvalue weighted by molar-refractivity contribution is -0.147. The molecule has 138 valence electrons. The molecule has 1 saturated heterocycles. The fourth-order valence-electron chi connectivity index (χ4n) is 2.68. The molecule has 0 aromatic heterocycles. The van der Waals surface area contributed by atoms with Gasteiger partial charge in [-0.2, -0.15) is 0 Å². The molecular formula is C16H21ClN2O5S. The van der Waals surface area contributed by atoms with Crippen molar-refractivity contribution in [2.24, 2.45) is 0 Å². The number of halogens is 1. The van der Waals surface area contributed by atoms with Gasteiger partial charge in [0.05, 0.1) is 18.1 Å². The lowest BCUT2D eigenvalue weighted by Crippen LogP contribution is -2.49. The van der Waals surface area contributed by atoms with E-state index in [4.69, 9.17) is 16.3 Å². The summed E-state index contributed by atoms with van der Waals surface area (Å²) in [5.74, 6) is -1.65. The van der Waals surface area contributed by atoms with E-state index in [2.05, 4.69) is 5.32 Å². The molecule has 1 aromatic carbocycles. The van der Waals surface area contributed by atoms with Gasteiger partial charge < -0.3 is 15.0 Å². The van der Waals surface area contributed by atoms with Crippen LogP contribution >= 0.6 is 11.6 Å². The van der Waals surface area contributed by atoms with Crippen molar-refractivity contribution in [3.05, 3.63) is 34.9 Å². The minimum absolute atomic E-state index is 0.0235. The smallest absolute Gasteiger partial charge is 0.312 e. The Bertz CT molecular complexity index is 738. The van der Waals surface area contributed by atoms with E-state index >= 15 is 0 Å². The van der Waals surface area contributed by atoms with E-state index in [9.17, 15) is 18.0 Å². The second-order valence-electron chi connectivity index (χ2n) is 5.82. The number of nitrogens with one attached hydrogen (secondary N) is 1. The lowest BCUT2D eigenvalue weighted by atomic mass is 10.2. The Morgan fingerprint density at radius 3 is 2.68 bits per heavy atom. The first-order valence-electron chi connectivity index (χ1n) is 7.85. The maximum Gasteiger partial charge on any atom is 0.312 e. The molecule has 1 fully saturated rings. The minimum Gasteiger partial charge on any atom is -0.383 e. The van der Waals surface area contributed by atoms with Gasteiger partial charge >= 0.3 is 11.8 Å². The molecular weight excluding hydrogens is 368 g/mol. The molecule has 1 atom stereocenters. The first-order valence-corrected chi connectivity index (χ1v) is 10.1. The third-order valence-electron chi connectivity index (χ3n) is 4.04. The van der Waals surface area contributed by atoms with Gasteiger partial charge in [-0.1, -0.05) is 29.8 Å². The number of nitrogens with zero attached hydrogens (tertiary/aromatic N) is 1. The monoisotopic (exact) mass is 388 g/mol. The van der Waals surface area contributed by atoms with Gasteiger partial charge in [-0.3, -0.25) is 9.59 Å². The summed E-state index contributed by atoms with van der Waals surface area (Å²) >= 11 is 6.02. The first kappa shape index (κ1) is 19.7. The summed E-state index contributed by atoms with van der Waals surface area (Å²) in [6.07, 6.45) is 0.329. The Morgan fingerprint density at radius 1 is 1.36 bits per heavy atom. The highest BCUT2D eigenvalue weighted by Crippen LogP contribution is 2.18. The average Bonchev–Trinajstić information content (AvgIpc) is 2.93. The lowest BCUT2D eigenvalue weighted by Gasteiger charge is -2.27. The van der Waals surface area contributed by atoms with E-state index in [0.29, 0.717) is 17.0 Å². The standard InChI is InChI=1S/C16H21ClN2O5S/c1-24-8-7-19(13-6-9-25(22,23)11-13)16(21)15(20)18-10-12-4-2-3-5-14(12)17/h2-5,13H,6-11H2,1H3,(H,18,20). The number of ether oxygens (including phenoxy) is 1. The van der Waals surface area contributed by atoms with Gasteiger partial charge in [0.15, 0.2) is 9.84 Å². The van der Waals surface area contributed by atoms with Crippen molar-refractivity contribution < 1.29 is 22.7 Å². The molecule has 0 saturated carbocycles. The van der Waals surface area contributed by atoms with E-state index in [0.717, 1.165) is 0 Å². The van der Waals surface area contributed by atoms with Crippen molar-refractivity contribution in [2.45, 2.75) is 19.0 Å². The van der Waals surface area contributed by atoms with Crippen LogP contribution in [0.1, 0.15) is 12.0 Å². The Balaban J connectivity index is 2.02. The number of methoxy groups -OCH3 is 1. The number of hydrogen-bond acceptors (Lipinski definition) is 5. The number of carbonyl (C=O) groups excluding carboxylic acids is 2. The topological polar surface area (TPSA) is 92.8 Å². The third kappa shape index (κ3) is 5.42. The van der Waals surface area contributed by atoms with Crippen LogP contribution in [0.3, 0.4) is 0 Å². The van der Waals surface area contributed by atoms with Gasteiger partial charge in [0.25, 0.3) is 0 Å². The number of sulfone groups is 1. The number of rotatable bonds is 6. The zero-order valence-corrected chi connectivity index (χ0v) is 15.5. The molecule has 1 N–H and O–H groups in total. The highest BCUT2D eigenvalue weighted by molar-refractivity contribution is 7.91. The van der Waals surface area contributed by atoms with Crippen molar-refractivity contribution >= 4 is 33.3 Å².